The average molecular weight is 254 g/mol. The summed E-state index contributed by atoms with van der Waals surface area (Å²) in [5.74, 6) is -1.30. The molecule has 3 unspecified atom stereocenters. The maximum absolute atomic E-state index is 11.7. The first kappa shape index (κ1) is 14.5. The van der Waals surface area contributed by atoms with Gasteiger partial charge in [-0.15, -0.1) is 6.58 Å². The van der Waals surface area contributed by atoms with Gasteiger partial charge in [-0.25, -0.2) is 4.79 Å². The highest BCUT2D eigenvalue weighted by molar-refractivity contribution is 5.77. The Morgan fingerprint density at radius 2 is 2.00 bits per heavy atom. The van der Waals surface area contributed by atoms with Crippen LogP contribution in [0.1, 0.15) is 39.0 Å². The predicted octanol–water partition coefficient (Wildman–Crippen LogP) is 1.89. The molecule has 0 aromatic carbocycles. The number of carboxylic acid groups (broad SMARTS) is 1. The number of carbonyl (C=O) groups is 2. The van der Waals surface area contributed by atoms with Gasteiger partial charge in [-0.1, -0.05) is 25.3 Å². The number of urea groups is 1. The Kier molecular flexibility index (Phi) is 5.68. The van der Waals surface area contributed by atoms with Crippen molar-refractivity contribution in [2.24, 2.45) is 5.92 Å². The Bertz CT molecular complexity index is 317. The second-order valence-corrected chi connectivity index (χ2v) is 4.83. The Balaban J connectivity index is 2.57. The van der Waals surface area contributed by atoms with Crippen LogP contribution in [0.5, 0.6) is 0 Å². The molecule has 0 spiro atoms. The Hall–Kier alpha value is -1.52. The van der Waals surface area contributed by atoms with Crippen LogP contribution in [0.25, 0.3) is 0 Å². The van der Waals surface area contributed by atoms with E-state index >= 15 is 0 Å². The highest BCUT2D eigenvalue weighted by atomic mass is 16.4. The lowest BCUT2D eigenvalue weighted by Crippen LogP contribution is -2.48. The number of carbonyl (C=O) groups excluding carboxylic acids is 1. The summed E-state index contributed by atoms with van der Waals surface area (Å²) in [4.78, 5) is 22.9. The molecule has 1 saturated carbocycles. The topological polar surface area (TPSA) is 78.4 Å². The van der Waals surface area contributed by atoms with Gasteiger partial charge in [-0.3, -0.25) is 4.79 Å². The van der Waals surface area contributed by atoms with Crippen molar-refractivity contribution in [3.05, 3.63) is 12.7 Å². The second-order valence-electron chi connectivity index (χ2n) is 4.83. The second kappa shape index (κ2) is 7.03. The van der Waals surface area contributed by atoms with Crippen LogP contribution in [-0.2, 0) is 4.79 Å². The van der Waals surface area contributed by atoms with Gasteiger partial charge in [0.2, 0.25) is 0 Å². The van der Waals surface area contributed by atoms with Gasteiger partial charge in [0.1, 0.15) is 0 Å². The van der Waals surface area contributed by atoms with E-state index in [1.807, 2.05) is 6.92 Å². The quantitative estimate of drug-likeness (QED) is 0.529. The standard InChI is InChI=1S/C13H22N2O3/c1-3-9(2)14-13(18)15-11-8-6-4-5-7-10(11)12(16)17/h3,9-11H,1,4-8H2,2H3,(H,16,17)(H2,14,15,18). The van der Waals surface area contributed by atoms with Crippen molar-refractivity contribution in [3.8, 4) is 0 Å². The number of carboxylic acids is 1. The summed E-state index contributed by atoms with van der Waals surface area (Å²) < 4.78 is 0. The molecule has 0 heterocycles. The molecule has 0 saturated heterocycles. The lowest BCUT2D eigenvalue weighted by molar-refractivity contribution is -0.142. The van der Waals surface area contributed by atoms with Gasteiger partial charge in [-0.2, -0.15) is 0 Å². The van der Waals surface area contributed by atoms with Crippen molar-refractivity contribution in [1.82, 2.24) is 10.6 Å². The molecule has 0 radical (unpaired) electrons. The summed E-state index contributed by atoms with van der Waals surface area (Å²) in [6.45, 7) is 5.40. The van der Waals surface area contributed by atoms with Crippen LogP contribution < -0.4 is 10.6 Å². The molecule has 1 aliphatic rings. The normalized spacial score (nSPS) is 25.6. The van der Waals surface area contributed by atoms with Crippen LogP contribution in [0, 0.1) is 5.92 Å². The van der Waals surface area contributed by atoms with Crippen molar-refractivity contribution >= 4 is 12.0 Å². The van der Waals surface area contributed by atoms with Crippen LogP contribution in [0.15, 0.2) is 12.7 Å². The third kappa shape index (κ3) is 4.39. The highest BCUT2D eigenvalue weighted by Crippen LogP contribution is 2.23. The van der Waals surface area contributed by atoms with E-state index in [-0.39, 0.29) is 18.1 Å². The Morgan fingerprint density at radius 3 is 2.61 bits per heavy atom. The summed E-state index contributed by atoms with van der Waals surface area (Å²) in [6, 6.07) is -0.721. The molecule has 1 aliphatic carbocycles. The van der Waals surface area contributed by atoms with E-state index in [1.165, 1.54) is 0 Å². The molecule has 1 fully saturated rings. The monoisotopic (exact) mass is 254 g/mol. The first-order chi connectivity index (χ1) is 8.54. The molecular weight excluding hydrogens is 232 g/mol. The first-order valence-electron chi connectivity index (χ1n) is 6.47. The van der Waals surface area contributed by atoms with Crippen molar-refractivity contribution in [2.75, 3.05) is 0 Å². The third-order valence-corrected chi connectivity index (χ3v) is 3.36. The fraction of sp³-hybridized carbons (Fsp3) is 0.692. The summed E-state index contributed by atoms with van der Waals surface area (Å²) in [5.41, 5.74) is 0. The van der Waals surface area contributed by atoms with Crippen molar-refractivity contribution in [1.29, 1.82) is 0 Å². The fourth-order valence-corrected chi connectivity index (χ4v) is 2.25. The molecule has 2 amide bonds. The number of rotatable bonds is 4. The van der Waals surface area contributed by atoms with Crippen molar-refractivity contribution in [3.63, 3.8) is 0 Å². The molecule has 102 valence electrons. The fourth-order valence-electron chi connectivity index (χ4n) is 2.25. The zero-order valence-corrected chi connectivity index (χ0v) is 10.8. The number of nitrogens with one attached hydrogen (secondary N) is 2. The maximum atomic E-state index is 11.7. The predicted molar refractivity (Wildman–Crippen MR) is 69.3 cm³/mol. The van der Waals surface area contributed by atoms with E-state index in [2.05, 4.69) is 17.2 Å². The molecule has 5 nitrogen and oxygen atoms in total. The van der Waals surface area contributed by atoms with Gasteiger partial charge < -0.3 is 15.7 Å². The summed E-state index contributed by atoms with van der Waals surface area (Å²) in [5, 5.41) is 14.7. The van der Waals surface area contributed by atoms with E-state index in [9.17, 15) is 14.7 Å². The average Bonchev–Trinajstić information content (AvgIpc) is 2.54. The maximum Gasteiger partial charge on any atom is 0.315 e. The highest BCUT2D eigenvalue weighted by Gasteiger charge is 2.30. The van der Waals surface area contributed by atoms with Crippen LogP contribution in [0.4, 0.5) is 4.79 Å². The third-order valence-electron chi connectivity index (χ3n) is 3.36. The molecular formula is C13H22N2O3. The van der Waals surface area contributed by atoms with Gasteiger partial charge in [0.05, 0.1) is 5.92 Å². The number of aliphatic carboxylic acids is 1. The minimum Gasteiger partial charge on any atom is -0.481 e. The van der Waals surface area contributed by atoms with Gasteiger partial charge in [0.25, 0.3) is 0 Å². The van der Waals surface area contributed by atoms with Gasteiger partial charge in [0.15, 0.2) is 0 Å². The molecule has 5 heteroatoms. The zero-order chi connectivity index (χ0) is 13.5. The smallest absolute Gasteiger partial charge is 0.315 e. The minimum atomic E-state index is -0.820. The van der Waals surface area contributed by atoms with E-state index in [0.29, 0.717) is 6.42 Å². The molecule has 0 bridgehead atoms. The molecule has 0 aliphatic heterocycles. The SMILES string of the molecule is C=CC(C)NC(=O)NC1CCCCCC1C(=O)O. The van der Waals surface area contributed by atoms with Gasteiger partial charge in [-0.05, 0) is 19.8 Å². The first-order valence-corrected chi connectivity index (χ1v) is 6.47. The summed E-state index contributed by atoms with van der Waals surface area (Å²) in [6.07, 6.45) is 5.91. The van der Waals surface area contributed by atoms with E-state index in [0.717, 1.165) is 25.7 Å². The van der Waals surface area contributed by atoms with Crippen LogP contribution in [-0.4, -0.2) is 29.2 Å². The van der Waals surface area contributed by atoms with Crippen LogP contribution >= 0.6 is 0 Å². The number of hydrogen-bond acceptors (Lipinski definition) is 2. The zero-order valence-electron chi connectivity index (χ0n) is 10.8. The Labute approximate surface area is 108 Å². The van der Waals surface area contributed by atoms with E-state index in [1.54, 1.807) is 6.08 Å². The molecule has 3 atom stereocenters. The van der Waals surface area contributed by atoms with Crippen molar-refractivity contribution < 1.29 is 14.7 Å². The summed E-state index contributed by atoms with van der Waals surface area (Å²) in [7, 11) is 0. The molecule has 3 N–H and O–H groups in total. The molecule has 0 aromatic rings. The minimum absolute atomic E-state index is 0.126. The van der Waals surface area contributed by atoms with Gasteiger partial charge in [0, 0.05) is 12.1 Å². The lowest BCUT2D eigenvalue weighted by atomic mass is 9.95. The van der Waals surface area contributed by atoms with E-state index in [4.69, 9.17) is 0 Å². The van der Waals surface area contributed by atoms with E-state index < -0.39 is 11.9 Å². The summed E-state index contributed by atoms with van der Waals surface area (Å²) >= 11 is 0. The largest absolute Gasteiger partial charge is 0.481 e. The van der Waals surface area contributed by atoms with Crippen LogP contribution in [0.2, 0.25) is 0 Å². The molecule has 0 aromatic heterocycles. The van der Waals surface area contributed by atoms with Crippen LogP contribution in [0.3, 0.4) is 0 Å². The number of hydrogen-bond donors (Lipinski definition) is 3. The molecule has 18 heavy (non-hydrogen) atoms. The van der Waals surface area contributed by atoms with Gasteiger partial charge >= 0.3 is 12.0 Å². The number of amides is 2. The lowest BCUT2D eigenvalue weighted by Gasteiger charge is -2.23. The molecule has 1 rings (SSSR count). The van der Waals surface area contributed by atoms with Crippen molar-refractivity contribution in [2.45, 2.75) is 51.1 Å². The Morgan fingerprint density at radius 1 is 1.33 bits per heavy atom.